The first-order valence-electron chi connectivity index (χ1n) is 13.7. The van der Waals surface area contributed by atoms with Crippen LogP contribution < -0.4 is 5.32 Å². The molecule has 3 aliphatic rings. The Labute approximate surface area is 229 Å². The van der Waals surface area contributed by atoms with Crippen molar-refractivity contribution in [3.63, 3.8) is 0 Å². The van der Waals surface area contributed by atoms with Gasteiger partial charge in [-0.3, -0.25) is 19.4 Å². The number of aliphatic hydroxyl groups excluding tert-OH is 2. The lowest BCUT2D eigenvalue weighted by atomic mass is 9.69. The zero-order valence-electron chi connectivity index (χ0n) is 22.9. The summed E-state index contributed by atoms with van der Waals surface area (Å²) < 4.78 is 0. The number of amides is 2. The fourth-order valence-electron chi connectivity index (χ4n) is 5.72. The van der Waals surface area contributed by atoms with Crippen LogP contribution in [0.15, 0.2) is 53.1 Å². The molecule has 0 aromatic heterocycles. The van der Waals surface area contributed by atoms with Crippen LogP contribution in [0.4, 0.5) is 0 Å². The zero-order valence-corrected chi connectivity index (χ0v) is 22.9. The van der Waals surface area contributed by atoms with E-state index in [2.05, 4.69) is 26.1 Å². The highest BCUT2D eigenvalue weighted by molar-refractivity contribution is 6.47. The Bertz CT molecular complexity index is 1190. The summed E-state index contributed by atoms with van der Waals surface area (Å²) in [5, 5.41) is 31.4. The molecule has 1 aromatic rings. The number of carbonyl (C=O) groups excluding carboxylic acids is 2. The number of rotatable bonds is 8. The fourth-order valence-corrected chi connectivity index (χ4v) is 5.72. The van der Waals surface area contributed by atoms with Crippen molar-refractivity contribution in [3.05, 3.63) is 59.2 Å². The molecule has 2 aliphatic carbocycles. The number of nitrogens with zero attached hydrogens (tertiary/aromatic N) is 2. The average molecular weight is 538 g/mol. The number of hydrogen-bond acceptors (Lipinski definition) is 6. The number of aliphatic imine (C=N–C) groups is 1. The Morgan fingerprint density at radius 2 is 1.77 bits per heavy atom. The van der Waals surface area contributed by atoms with Gasteiger partial charge in [0.25, 0.3) is 11.8 Å². The number of carbonyl (C=O) groups is 3. The third-order valence-electron chi connectivity index (χ3n) is 8.19. The van der Waals surface area contributed by atoms with Crippen molar-refractivity contribution in [1.82, 2.24) is 10.2 Å². The molecule has 0 bridgehead atoms. The Hall–Kier alpha value is -3.30. The van der Waals surface area contributed by atoms with E-state index in [-0.39, 0.29) is 30.2 Å². The molecule has 2 unspecified atom stereocenters. The van der Waals surface area contributed by atoms with Crippen LogP contribution >= 0.6 is 0 Å². The maximum atomic E-state index is 13.7. The minimum atomic E-state index is -1.08. The van der Waals surface area contributed by atoms with E-state index >= 15 is 0 Å². The molecule has 1 fully saturated rings. The molecule has 1 spiro atoms. The Morgan fingerprint density at radius 1 is 1.10 bits per heavy atom. The molecule has 210 valence electrons. The number of nitrogens with one attached hydrogen (secondary N) is 1. The topological polar surface area (TPSA) is 140 Å². The average Bonchev–Trinajstić information content (AvgIpc) is 3.14. The molecule has 39 heavy (non-hydrogen) atoms. The quantitative estimate of drug-likeness (QED) is 0.402. The van der Waals surface area contributed by atoms with E-state index in [1.807, 2.05) is 17.0 Å². The van der Waals surface area contributed by atoms with E-state index in [1.165, 1.54) is 12.2 Å². The number of allylic oxidation sites excluding steroid dienone is 1. The van der Waals surface area contributed by atoms with Crippen molar-refractivity contribution < 1.29 is 29.7 Å². The minimum Gasteiger partial charge on any atom is -0.481 e. The molecule has 2 atom stereocenters. The molecule has 4 rings (SSSR count). The van der Waals surface area contributed by atoms with Crippen LogP contribution in [0.25, 0.3) is 0 Å². The number of hydrogen-bond donors (Lipinski definition) is 4. The van der Waals surface area contributed by atoms with Crippen LogP contribution in [-0.4, -0.2) is 74.7 Å². The lowest BCUT2D eigenvalue weighted by Crippen LogP contribution is -2.50. The summed E-state index contributed by atoms with van der Waals surface area (Å²) >= 11 is 0. The van der Waals surface area contributed by atoms with Gasteiger partial charge in [0, 0.05) is 24.2 Å². The van der Waals surface area contributed by atoms with Gasteiger partial charge in [0.05, 0.1) is 6.42 Å². The lowest BCUT2D eigenvalue weighted by molar-refractivity contribution is -0.136. The standard InChI is InChI=1S/C30H39N3O6/c1-29(2,3)22-10-14-30(15-11-22)32-26(21-8-9-23(34)24(35)18-21)28(39)33(30)17-13-19-4-6-20(7-5-19)27(38)31-16-12-25(36)37/h4-9,18,22-24,34-35H,10-17H2,1-3H3,(H,31,38)(H,36,37). The minimum absolute atomic E-state index is 0.0646. The number of carboxylic acids is 1. The predicted octanol–water partition coefficient (Wildman–Crippen LogP) is 2.87. The summed E-state index contributed by atoms with van der Waals surface area (Å²) in [4.78, 5) is 43.6. The second-order valence-corrected chi connectivity index (χ2v) is 11.8. The second kappa shape index (κ2) is 11.4. The highest BCUT2D eigenvalue weighted by atomic mass is 16.4. The fraction of sp³-hybridized carbons (Fsp3) is 0.533. The third-order valence-corrected chi connectivity index (χ3v) is 8.19. The summed E-state index contributed by atoms with van der Waals surface area (Å²) in [5.41, 5.74) is 1.83. The lowest BCUT2D eigenvalue weighted by Gasteiger charge is -2.45. The first-order chi connectivity index (χ1) is 18.4. The third kappa shape index (κ3) is 6.47. The van der Waals surface area contributed by atoms with Crippen LogP contribution in [0.2, 0.25) is 0 Å². The second-order valence-electron chi connectivity index (χ2n) is 11.8. The molecular weight excluding hydrogens is 498 g/mol. The summed E-state index contributed by atoms with van der Waals surface area (Å²) in [7, 11) is 0. The number of aliphatic hydroxyl groups is 2. The van der Waals surface area contributed by atoms with E-state index in [0.29, 0.717) is 35.7 Å². The summed E-state index contributed by atoms with van der Waals surface area (Å²) in [6.45, 7) is 7.28. The zero-order chi connectivity index (χ0) is 28.4. The van der Waals surface area contributed by atoms with Gasteiger partial charge in [-0.15, -0.1) is 0 Å². The van der Waals surface area contributed by atoms with Crippen LogP contribution in [0.5, 0.6) is 0 Å². The summed E-state index contributed by atoms with van der Waals surface area (Å²) in [6.07, 6.45) is 6.47. The van der Waals surface area contributed by atoms with Crippen molar-refractivity contribution in [1.29, 1.82) is 0 Å². The van der Waals surface area contributed by atoms with Crippen LogP contribution in [0.1, 0.15) is 68.8 Å². The van der Waals surface area contributed by atoms with Crippen molar-refractivity contribution in [3.8, 4) is 0 Å². The van der Waals surface area contributed by atoms with Crippen molar-refractivity contribution in [2.24, 2.45) is 16.3 Å². The molecular formula is C30H39N3O6. The molecule has 9 heteroatoms. The van der Waals surface area contributed by atoms with Gasteiger partial charge in [-0.1, -0.05) is 45.1 Å². The van der Waals surface area contributed by atoms with Gasteiger partial charge in [-0.05, 0) is 67.2 Å². The van der Waals surface area contributed by atoms with Crippen LogP contribution in [-0.2, 0) is 16.0 Å². The predicted molar refractivity (Wildman–Crippen MR) is 147 cm³/mol. The SMILES string of the molecule is CC(C)(C)C1CCC2(CC1)N=C(C1=CC(O)C(O)C=C1)C(=O)N2CCc1ccc(C(=O)NCCC(=O)O)cc1. The first kappa shape index (κ1) is 28.7. The number of carboxylic acid groups (broad SMARTS) is 1. The molecule has 1 saturated carbocycles. The maximum Gasteiger partial charge on any atom is 0.305 e. The number of aliphatic carboxylic acids is 1. The van der Waals surface area contributed by atoms with Gasteiger partial charge in [-0.2, -0.15) is 0 Å². The molecule has 0 radical (unpaired) electrons. The summed E-state index contributed by atoms with van der Waals surface area (Å²) in [5.74, 6) is -0.924. The first-order valence-corrected chi connectivity index (χ1v) is 13.7. The van der Waals surface area contributed by atoms with E-state index in [4.69, 9.17) is 10.1 Å². The van der Waals surface area contributed by atoms with Crippen LogP contribution in [0, 0.1) is 11.3 Å². The highest BCUT2D eigenvalue weighted by Crippen LogP contribution is 2.46. The Morgan fingerprint density at radius 3 is 2.36 bits per heavy atom. The molecule has 1 heterocycles. The molecule has 1 aromatic carbocycles. The van der Waals surface area contributed by atoms with Crippen LogP contribution in [0.3, 0.4) is 0 Å². The molecule has 1 aliphatic heterocycles. The molecule has 2 amide bonds. The monoisotopic (exact) mass is 537 g/mol. The van der Waals surface area contributed by atoms with Gasteiger partial charge in [-0.25, -0.2) is 0 Å². The van der Waals surface area contributed by atoms with Crippen molar-refractivity contribution in [2.75, 3.05) is 13.1 Å². The van der Waals surface area contributed by atoms with Gasteiger partial charge in [0.15, 0.2) is 0 Å². The Kier molecular flexibility index (Phi) is 8.42. The van der Waals surface area contributed by atoms with E-state index in [1.54, 1.807) is 18.2 Å². The Balaban J connectivity index is 1.49. The largest absolute Gasteiger partial charge is 0.481 e. The van der Waals surface area contributed by atoms with Gasteiger partial charge >= 0.3 is 5.97 Å². The van der Waals surface area contributed by atoms with E-state index in [9.17, 15) is 24.6 Å². The van der Waals surface area contributed by atoms with Gasteiger partial charge in [0.1, 0.15) is 23.6 Å². The highest BCUT2D eigenvalue weighted by Gasteiger charge is 2.50. The number of benzene rings is 1. The molecule has 4 N–H and O–H groups in total. The maximum absolute atomic E-state index is 13.7. The van der Waals surface area contributed by atoms with E-state index < -0.39 is 23.8 Å². The normalized spacial score (nSPS) is 26.9. The smallest absolute Gasteiger partial charge is 0.305 e. The van der Waals surface area contributed by atoms with E-state index in [0.717, 1.165) is 31.2 Å². The molecule has 9 nitrogen and oxygen atoms in total. The van der Waals surface area contributed by atoms with Crippen molar-refractivity contribution in [2.45, 2.75) is 77.2 Å². The van der Waals surface area contributed by atoms with Gasteiger partial charge < -0.3 is 25.5 Å². The van der Waals surface area contributed by atoms with Gasteiger partial charge in [0.2, 0.25) is 0 Å². The van der Waals surface area contributed by atoms with Crippen molar-refractivity contribution >= 4 is 23.5 Å². The molecule has 0 saturated heterocycles. The summed E-state index contributed by atoms with van der Waals surface area (Å²) in [6, 6.07) is 7.10.